The maximum absolute atomic E-state index is 12.2. The maximum atomic E-state index is 12.2. The molecule has 23 heavy (non-hydrogen) atoms. The number of ether oxygens (including phenoxy) is 1. The van der Waals surface area contributed by atoms with Crippen molar-refractivity contribution in [1.82, 2.24) is 5.32 Å². The molecule has 0 spiro atoms. The lowest BCUT2D eigenvalue weighted by Crippen LogP contribution is -2.27. The van der Waals surface area contributed by atoms with Gasteiger partial charge in [0.15, 0.2) is 6.61 Å². The van der Waals surface area contributed by atoms with E-state index in [1.807, 2.05) is 0 Å². The molecule has 2 N–H and O–H groups in total. The average Bonchev–Trinajstić information content (AvgIpc) is 2.40. The van der Waals surface area contributed by atoms with Crippen LogP contribution in [-0.2, 0) is 4.79 Å². The number of carboxylic acid groups (broad SMARTS) is 1. The zero-order valence-electron chi connectivity index (χ0n) is 14.4. The van der Waals surface area contributed by atoms with Gasteiger partial charge in [0, 0.05) is 22.6 Å². The highest BCUT2D eigenvalue weighted by Crippen LogP contribution is 2.25. The lowest BCUT2D eigenvalue weighted by atomic mass is 10.1. The van der Waals surface area contributed by atoms with Gasteiger partial charge in [-0.25, -0.2) is 4.79 Å². The molecule has 1 aromatic rings. The topological polar surface area (TPSA) is 75.6 Å². The molecule has 0 atom stereocenters. The number of rotatable bonds is 7. The molecular formula is C17H25NO4S. The van der Waals surface area contributed by atoms with Crippen LogP contribution in [-0.4, -0.2) is 40.6 Å². The molecule has 1 aromatic carbocycles. The van der Waals surface area contributed by atoms with Crippen molar-refractivity contribution in [3.8, 4) is 5.75 Å². The van der Waals surface area contributed by atoms with E-state index in [9.17, 15) is 9.59 Å². The minimum atomic E-state index is -1.03. The number of amides is 1. The zero-order valence-corrected chi connectivity index (χ0v) is 15.2. The van der Waals surface area contributed by atoms with E-state index in [4.69, 9.17) is 9.84 Å². The zero-order chi connectivity index (χ0) is 17.6. The number of hydrogen-bond acceptors (Lipinski definition) is 4. The summed E-state index contributed by atoms with van der Waals surface area (Å²) < 4.78 is 5.45. The molecule has 1 amide bonds. The molecule has 0 aliphatic rings. The summed E-state index contributed by atoms with van der Waals surface area (Å²) in [6.07, 6.45) is 0. The Morgan fingerprint density at radius 1 is 1.22 bits per heavy atom. The Morgan fingerprint density at radius 3 is 2.26 bits per heavy atom. The molecular weight excluding hydrogens is 314 g/mol. The monoisotopic (exact) mass is 339 g/mol. The van der Waals surface area contributed by atoms with Gasteiger partial charge in [-0.2, -0.15) is 11.8 Å². The lowest BCUT2D eigenvalue weighted by Gasteiger charge is -2.17. The van der Waals surface area contributed by atoms with Gasteiger partial charge < -0.3 is 15.2 Å². The van der Waals surface area contributed by atoms with Crippen molar-refractivity contribution in [2.45, 2.75) is 39.4 Å². The SMILES string of the molecule is Cc1cc(C(=O)NCCSC(C)(C)C)cc(C)c1OCC(=O)O. The lowest BCUT2D eigenvalue weighted by molar-refractivity contribution is -0.139. The highest BCUT2D eigenvalue weighted by atomic mass is 32.2. The van der Waals surface area contributed by atoms with Crippen molar-refractivity contribution in [1.29, 1.82) is 0 Å². The molecule has 6 heteroatoms. The predicted octanol–water partition coefficient (Wildman–Crippen LogP) is 3.03. The number of benzene rings is 1. The van der Waals surface area contributed by atoms with Crippen LogP contribution in [0.25, 0.3) is 0 Å². The van der Waals surface area contributed by atoms with Gasteiger partial charge in [0.05, 0.1) is 0 Å². The van der Waals surface area contributed by atoms with E-state index in [0.29, 0.717) is 17.9 Å². The Bertz CT molecular complexity index is 555. The fourth-order valence-electron chi connectivity index (χ4n) is 2.07. The first-order chi connectivity index (χ1) is 10.6. The van der Waals surface area contributed by atoms with Crippen LogP contribution < -0.4 is 10.1 Å². The third-order valence-electron chi connectivity index (χ3n) is 2.99. The van der Waals surface area contributed by atoms with Crippen molar-refractivity contribution < 1.29 is 19.4 Å². The number of hydrogen-bond donors (Lipinski definition) is 2. The minimum Gasteiger partial charge on any atom is -0.481 e. The van der Waals surface area contributed by atoms with Crippen LogP contribution in [0.3, 0.4) is 0 Å². The molecule has 0 saturated heterocycles. The summed E-state index contributed by atoms with van der Waals surface area (Å²) in [5.74, 6) is 0.220. The van der Waals surface area contributed by atoms with Gasteiger partial charge in [-0.3, -0.25) is 4.79 Å². The molecule has 0 heterocycles. The first-order valence-corrected chi connectivity index (χ1v) is 8.46. The van der Waals surface area contributed by atoms with E-state index in [2.05, 4.69) is 26.1 Å². The van der Waals surface area contributed by atoms with Gasteiger partial charge >= 0.3 is 5.97 Å². The molecule has 128 valence electrons. The largest absolute Gasteiger partial charge is 0.481 e. The third-order valence-corrected chi connectivity index (χ3v) is 4.26. The van der Waals surface area contributed by atoms with Crippen molar-refractivity contribution in [2.24, 2.45) is 0 Å². The van der Waals surface area contributed by atoms with Crippen LogP contribution in [0.2, 0.25) is 0 Å². The standard InChI is InChI=1S/C17H25NO4S/c1-11-8-13(9-12(2)15(11)22-10-14(19)20)16(21)18-6-7-23-17(3,4)5/h8-9H,6-7,10H2,1-5H3,(H,18,21)(H,19,20). The fraction of sp³-hybridized carbons (Fsp3) is 0.529. The van der Waals surface area contributed by atoms with Gasteiger partial charge in [0.2, 0.25) is 0 Å². The summed E-state index contributed by atoms with van der Waals surface area (Å²) in [6.45, 7) is 10.2. The Kier molecular flexibility index (Phi) is 6.94. The van der Waals surface area contributed by atoms with E-state index < -0.39 is 12.6 Å². The van der Waals surface area contributed by atoms with Crippen LogP contribution in [0.5, 0.6) is 5.75 Å². The molecule has 5 nitrogen and oxygen atoms in total. The number of aryl methyl sites for hydroxylation is 2. The van der Waals surface area contributed by atoms with Gasteiger partial charge in [-0.05, 0) is 37.1 Å². The van der Waals surface area contributed by atoms with Gasteiger partial charge in [-0.15, -0.1) is 0 Å². The van der Waals surface area contributed by atoms with Crippen LogP contribution in [0.4, 0.5) is 0 Å². The van der Waals surface area contributed by atoms with E-state index in [1.165, 1.54) is 0 Å². The Morgan fingerprint density at radius 2 is 1.78 bits per heavy atom. The quantitative estimate of drug-likeness (QED) is 0.747. The molecule has 0 unspecified atom stereocenters. The molecule has 0 aliphatic heterocycles. The summed E-state index contributed by atoms with van der Waals surface area (Å²) in [5.41, 5.74) is 2.06. The summed E-state index contributed by atoms with van der Waals surface area (Å²) in [6, 6.07) is 3.44. The number of thioether (sulfide) groups is 1. The molecule has 1 rings (SSSR count). The Balaban J connectivity index is 2.66. The summed E-state index contributed by atoms with van der Waals surface area (Å²) in [4.78, 5) is 22.8. The van der Waals surface area contributed by atoms with Crippen molar-refractivity contribution >= 4 is 23.6 Å². The number of aliphatic carboxylic acids is 1. The highest BCUT2D eigenvalue weighted by molar-refractivity contribution is 8.00. The summed E-state index contributed by atoms with van der Waals surface area (Å²) in [5, 5.41) is 11.6. The maximum Gasteiger partial charge on any atom is 0.341 e. The molecule has 0 radical (unpaired) electrons. The second-order valence-electron chi connectivity index (χ2n) is 6.34. The first-order valence-electron chi connectivity index (χ1n) is 7.48. The molecule has 0 fully saturated rings. The predicted molar refractivity (Wildman–Crippen MR) is 93.6 cm³/mol. The first kappa shape index (κ1) is 19.4. The second kappa shape index (κ2) is 8.24. The van der Waals surface area contributed by atoms with Gasteiger partial charge in [0.1, 0.15) is 5.75 Å². The van der Waals surface area contributed by atoms with Crippen LogP contribution in [0.1, 0.15) is 42.3 Å². The van der Waals surface area contributed by atoms with Crippen LogP contribution >= 0.6 is 11.8 Å². The third kappa shape index (κ3) is 6.95. The van der Waals surface area contributed by atoms with Gasteiger partial charge in [-0.1, -0.05) is 20.8 Å². The van der Waals surface area contributed by atoms with E-state index in [1.54, 1.807) is 37.7 Å². The van der Waals surface area contributed by atoms with E-state index in [0.717, 1.165) is 16.9 Å². The van der Waals surface area contributed by atoms with E-state index in [-0.39, 0.29) is 10.7 Å². The highest BCUT2D eigenvalue weighted by Gasteiger charge is 2.14. The average molecular weight is 339 g/mol. The number of carbonyl (C=O) groups excluding carboxylic acids is 1. The number of carbonyl (C=O) groups is 2. The van der Waals surface area contributed by atoms with Crippen LogP contribution in [0, 0.1) is 13.8 Å². The number of carboxylic acids is 1. The Hall–Kier alpha value is -1.69. The fourth-order valence-corrected chi connectivity index (χ4v) is 2.88. The van der Waals surface area contributed by atoms with E-state index >= 15 is 0 Å². The smallest absolute Gasteiger partial charge is 0.341 e. The van der Waals surface area contributed by atoms with Gasteiger partial charge in [0.25, 0.3) is 5.91 Å². The van der Waals surface area contributed by atoms with Crippen molar-refractivity contribution in [3.05, 3.63) is 28.8 Å². The van der Waals surface area contributed by atoms with Crippen molar-refractivity contribution in [2.75, 3.05) is 18.9 Å². The molecule has 0 saturated carbocycles. The normalized spacial score (nSPS) is 11.2. The molecule has 0 aromatic heterocycles. The minimum absolute atomic E-state index is 0.129. The summed E-state index contributed by atoms with van der Waals surface area (Å²) in [7, 11) is 0. The number of nitrogens with one attached hydrogen (secondary N) is 1. The second-order valence-corrected chi connectivity index (χ2v) is 8.26. The molecule has 0 aliphatic carbocycles. The van der Waals surface area contributed by atoms with Crippen LogP contribution in [0.15, 0.2) is 12.1 Å². The van der Waals surface area contributed by atoms with Crippen molar-refractivity contribution in [3.63, 3.8) is 0 Å². The molecule has 0 bridgehead atoms. The Labute approximate surface area is 141 Å². The summed E-state index contributed by atoms with van der Waals surface area (Å²) >= 11 is 1.80.